The molecule has 29 heavy (non-hydrogen) atoms. The number of hydrazone groups is 1. The number of fused-ring (bicyclic) bond motifs is 1. The topological polar surface area (TPSA) is 77.2 Å². The number of rotatable bonds is 6. The van der Waals surface area contributed by atoms with Crippen molar-refractivity contribution in [3.63, 3.8) is 0 Å². The first-order valence-corrected chi connectivity index (χ1v) is 9.50. The van der Waals surface area contributed by atoms with Gasteiger partial charge in [-0.1, -0.05) is 11.3 Å². The second kappa shape index (κ2) is 8.15. The molecule has 0 spiro atoms. The van der Waals surface area contributed by atoms with Crippen molar-refractivity contribution in [1.29, 1.82) is 0 Å². The highest BCUT2D eigenvalue weighted by molar-refractivity contribution is 7.22. The Morgan fingerprint density at radius 3 is 2.55 bits per heavy atom. The van der Waals surface area contributed by atoms with Gasteiger partial charge in [0.1, 0.15) is 11.5 Å². The molecule has 0 fully saturated rings. The number of carbonyl (C=O) groups is 1. The number of anilines is 1. The molecule has 2 aromatic carbocycles. The molecule has 8 heteroatoms. The molecule has 1 amide bonds. The number of carbonyl (C=O) groups excluding carboxylic acids is 1. The van der Waals surface area contributed by atoms with Crippen molar-refractivity contribution in [2.45, 2.75) is 0 Å². The molecular formula is C21H17N3O4S. The van der Waals surface area contributed by atoms with E-state index in [0.29, 0.717) is 5.13 Å². The Hall–Kier alpha value is -3.65. The van der Waals surface area contributed by atoms with Crippen LogP contribution in [0.15, 0.2) is 70.4 Å². The average Bonchev–Trinajstić information content (AvgIpc) is 3.43. The maximum absolute atomic E-state index is 13.0. The van der Waals surface area contributed by atoms with E-state index in [1.165, 1.54) is 22.6 Å². The number of aromatic nitrogens is 1. The molecule has 0 N–H and O–H groups in total. The summed E-state index contributed by atoms with van der Waals surface area (Å²) in [6.45, 7) is 0. The molecule has 0 radical (unpaired) electrons. The molecule has 0 saturated carbocycles. The number of nitrogens with zero attached hydrogens (tertiary/aromatic N) is 3. The van der Waals surface area contributed by atoms with E-state index in [0.717, 1.165) is 27.3 Å². The number of hydrogen-bond donors (Lipinski definition) is 0. The van der Waals surface area contributed by atoms with Gasteiger partial charge in [-0.3, -0.25) is 4.79 Å². The van der Waals surface area contributed by atoms with Gasteiger partial charge < -0.3 is 13.9 Å². The van der Waals surface area contributed by atoms with Crippen molar-refractivity contribution < 1.29 is 18.7 Å². The normalized spacial score (nSPS) is 11.1. The highest BCUT2D eigenvalue weighted by Crippen LogP contribution is 2.32. The zero-order chi connectivity index (χ0) is 20.2. The van der Waals surface area contributed by atoms with E-state index in [2.05, 4.69) is 10.1 Å². The Balaban J connectivity index is 1.71. The highest BCUT2D eigenvalue weighted by atomic mass is 32.1. The predicted octanol–water partition coefficient (Wildman–Crippen LogP) is 4.59. The van der Waals surface area contributed by atoms with Gasteiger partial charge in [0.05, 0.1) is 36.9 Å². The molecule has 2 heterocycles. The summed E-state index contributed by atoms with van der Waals surface area (Å²) in [7, 11) is 3.21. The fraction of sp³-hybridized carbons (Fsp3) is 0.0952. The Bertz CT molecular complexity index is 1150. The minimum Gasteiger partial charge on any atom is -0.497 e. The van der Waals surface area contributed by atoms with Gasteiger partial charge in [0, 0.05) is 0 Å². The van der Waals surface area contributed by atoms with Gasteiger partial charge in [-0.05, 0) is 60.2 Å². The minimum absolute atomic E-state index is 0.175. The van der Waals surface area contributed by atoms with E-state index in [9.17, 15) is 4.79 Å². The lowest BCUT2D eigenvalue weighted by atomic mass is 10.2. The molecule has 0 atom stereocenters. The van der Waals surface area contributed by atoms with E-state index in [-0.39, 0.29) is 5.76 Å². The smallest absolute Gasteiger partial charge is 0.316 e. The third-order valence-electron chi connectivity index (χ3n) is 4.13. The average molecular weight is 407 g/mol. The van der Waals surface area contributed by atoms with Crippen molar-refractivity contribution in [3.05, 3.63) is 72.2 Å². The van der Waals surface area contributed by atoms with Crippen molar-refractivity contribution in [2.75, 3.05) is 19.2 Å². The Morgan fingerprint density at radius 2 is 1.86 bits per heavy atom. The van der Waals surface area contributed by atoms with Gasteiger partial charge in [0.2, 0.25) is 5.13 Å². The van der Waals surface area contributed by atoms with Gasteiger partial charge in [0.15, 0.2) is 5.76 Å². The zero-order valence-electron chi connectivity index (χ0n) is 15.7. The maximum atomic E-state index is 13.0. The largest absolute Gasteiger partial charge is 0.497 e. The summed E-state index contributed by atoms with van der Waals surface area (Å²) in [5.74, 6) is 1.23. The molecule has 2 aromatic heterocycles. The quantitative estimate of drug-likeness (QED) is 0.345. The van der Waals surface area contributed by atoms with Crippen LogP contribution in [0, 0.1) is 0 Å². The van der Waals surface area contributed by atoms with Gasteiger partial charge in [-0.2, -0.15) is 10.1 Å². The van der Waals surface area contributed by atoms with Crippen LogP contribution < -0.4 is 14.5 Å². The van der Waals surface area contributed by atoms with Crippen LogP contribution in [0.5, 0.6) is 11.5 Å². The monoisotopic (exact) mass is 407 g/mol. The van der Waals surface area contributed by atoms with Crippen molar-refractivity contribution in [1.82, 2.24) is 4.98 Å². The highest BCUT2D eigenvalue weighted by Gasteiger charge is 2.23. The standard InChI is InChI=1S/C21H17N3O4S/c1-26-15-7-5-14(6-8-15)13-22-24(20(25)18-4-3-11-28-18)21-23-17-10-9-16(27-2)12-19(17)29-21/h3-13H,1-2H3/b22-13+. The number of methoxy groups -OCH3 is 2. The molecule has 0 bridgehead atoms. The molecule has 0 saturated heterocycles. The Labute approximate surface area is 170 Å². The van der Waals surface area contributed by atoms with E-state index < -0.39 is 5.91 Å². The lowest BCUT2D eigenvalue weighted by molar-refractivity contribution is 0.0961. The second-order valence-electron chi connectivity index (χ2n) is 5.94. The van der Waals surface area contributed by atoms with Gasteiger partial charge >= 0.3 is 5.91 Å². The van der Waals surface area contributed by atoms with E-state index in [1.807, 2.05) is 42.5 Å². The summed E-state index contributed by atoms with van der Waals surface area (Å²) in [6.07, 6.45) is 3.04. The van der Waals surface area contributed by atoms with E-state index in [1.54, 1.807) is 32.6 Å². The van der Waals surface area contributed by atoms with Crippen molar-refractivity contribution >= 4 is 38.8 Å². The molecule has 4 rings (SSSR count). The minimum atomic E-state index is -0.411. The van der Waals surface area contributed by atoms with Crippen LogP contribution in [-0.2, 0) is 0 Å². The lowest BCUT2D eigenvalue weighted by Gasteiger charge is -2.12. The van der Waals surface area contributed by atoms with Crippen LogP contribution in [0.2, 0.25) is 0 Å². The summed E-state index contributed by atoms with van der Waals surface area (Å²) in [6, 6.07) is 16.1. The number of furan rings is 1. The van der Waals surface area contributed by atoms with Crippen molar-refractivity contribution in [3.8, 4) is 11.5 Å². The number of benzene rings is 2. The summed E-state index contributed by atoms with van der Waals surface area (Å²) < 4.78 is 16.6. The summed E-state index contributed by atoms with van der Waals surface area (Å²) in [4.78, 5) is 17.5. The van der Waals surface area contributed by atoms with Crippen molar-refractivity contribution in [2.24, 2.45) is 5.10 Å². The molecular weight excluding hydrogens is 390 g/mol. The fourth-order valence-corrected chi connectivity index (χ4v) is 3.57. The molecule has 146 valence electrons. The third-order valence-corrected chi connectivity index (χ3v) is 5.12. The third kappa shape index (κ3) is 3.97. The SMILES string of the molecule is COc1ccc(/C=N/N(C(=O)c2ccco2)c2nc3ccc(OC)cc3s2)cc1. The first-order valence-electron chi connectivity index (χ1n) is 8.68. The first kappa shape index (κ1) is 18.7. The predicted molar refractivity (Wildman–Crippen MR) is 112 cm³/mol. The summed E-state index contributed by atoms with van der Waals surface area (Å²) >= 11 is 1.34. The van der Waals surface area contributed by atoms with Gasteiger partial charge in [0.25, 0.3) is 0 Å². The van der Waals surface area contributed by atoms with Gasteiger partial charge in [-0.25, -0.2) is 4.98 Å². The fourth-order valence-electron chi connectivity index (χ4n) is 2.62. The van der Waals surface area contributed by atoms with Crippen LogP contribution in [0.1, 0.15) is 16.1 Å². The van der Waals surface area contributed by atoms with E-state index >= 15 is 0 Å². The summed E-state index contributed by atoms with van der Waals surface area (Å²) in [5.41, 5.74) is 1.56. The number of ether oxygens (including phenoxy) is 2. The van der Waals surface area contributed by atoms with Crippen LogP contribution in [0.3, 0.4) is 0 Å². The Morgan fingerprint density at radius 1 is 1.10 bits per heavy atom. The number of hydrogen-bond acceptors (Lipinski definition) is 7. The molecule has 0 aliphatic heterocycles. The number of thiazole rings is 1. The Kier molecular flexibility index (Phi) is 5.26. The van der Waals surface area contributed by atoms with E-state index in [4.69, 9.17) is 13.9 Å². The van der Waals surface area contributed by atoms with Crippen LogP contribution in [-0.4, -0.2) is 31.3 Å². The maximum Gasteiger partial charge on any atom is 0.316 e. The molecule has 0 unspecified atom stereocenters. The zero-order valence-corrected chi connectivity index (χ0v) is 16.6. The molecule has 7 nitrogen and oxygen atoms in total. The van der Waals surface area contributed by atoms with Crippen LogP contribution in [0.4, 0.5) is 5.13 Å². The lowest BCUT2D eigenvalue weighted by Crippen LogP contribution is -2.25. The van der Waals surface area contributed by atoms with Crippen LogP contribution >= 0.6 is 11.3 Å². The molecule has 0 aliphatic carbocycles. The molecule has 0 aliphatic rings. The second-order valence-corrected chi connectivity index (χ2v) is 6.95. The summed E-state index contributed by atoms with van der Waals surface area (Å²) in [5, 5.41) is 6.05. The molecule has 4 aromatic rings. The van der Waals surface area contributed by atoms with Crippen LogP contribution in [0.25, 0.3) is 10.2 Å². The van der Waals surface area contributed by atoms with Gasteiger partial charge in [-0.15, -0.1) is 0 Å². The first-order chi connectivity index (χ1) is 14.2. The number of amides is 1.